The molecule has 0 fully saturated rings. The van der Waals surface area contributed by atoms with E-state index in [4.69, 9.17) is 10.8 Å². The summed E-state index contributed by atoms with van der Waals surface area (Å²) in [4.78, 5) is 19.1. The molecule has 2 heterocycles. The molecule has 0 unspecified atom stereocenters. The van der Waals surface area contributed by atoms with Gasteiger partial charge in [-0.05, 0) is 25.1 Å². The zero-order chi connectivity index (χ0) is 13.1. The summed E-state index contributed by atoms with van der Waals surface area (Å²) in [6.07, 6.45) is 3.00. The number of nitrogens with zero attached hydrogens (tertiary/aromatic N) is 2. The largest absolute Gasteiger partial charge is 0.478 e. The molecule has 0 saturated heterocycles. The predicted octanol–water partition coefficient (Wildman–Crippen LogP) is 1.81. The van der Waals surface area contributed by atoms with Crippen molar-refractivity contribution in [2.45, 2.75) is 6.92 Å². The van der Waals surface area contributed by atoms with Crippen molar-refractivity contribution in [3.05, 3.63) is 41.9 Å². The Morgan fingerprint density at radius 3 is 2.89 bits per heavy atom. The molecule has 2 rings (SSSR count). The summed E-state index contributed by atoms with van der Waals surface area (Å²) in [5.41, 5.74) is 7.26. The van der Waals surface area contributed by atoms with Crippen LogP contribution in [0.15, 0.2) is 30.6 Å². The molecule has 6 nitrogen and oxygen atoms in total. The predicted molar refractivity (Wildman–Crippen MR) is 67.9 cm³/mol. The van der Waals surface area contributed by atoms with Crippen molar-refractivity contribution in [3.8, 4) is 0 Å². The number of hydrogen-bond acceptors (Lipinski definition) is 5. The molecule has 0 spiro atoms. The summed E-state index contributed by atoms with van der Waals surface area (Å²) in [5, 5.41) is 12.0. The van der Waals surface area contributed by atoms with Crippen LogP contribution >= 0.6 is 0 Å². The normalized spacial score (nSPS) is 10.1. The van der Waals surface area contributed by atoms with Crippen LogP contribution in [0.3, 0.4) is 0 Å². The fourth-order valence-corrected chi connectivity index (χ4v) is 1.47. The van der Waals surface area contributed by atoms with Gasteiger partial charge >= 0.3 is 5.97 Å². The summed E-state index contributed by atoms with van der Waals surface area (Å²) in [6, 6.07) is 5.01. The number of nitrogen functional groups attached to an aromatic ring is 1. The van der Waals surface area contributed by atoms with Gasteiger partial charge in [0.2, 0.25) is 0 Å². The molecule has 0 radical (unpaired) electrons. The zero-order valence-corrected chi connectivity index (χ0v) is 9.71. The maximum Gasteiger partial charge on any atom is 0.337 e. The summed E-state index contributed by atoms with van der Waals surface area (Å²) in [5.74, 6) is -0.668. The minimum atomic E-state index is -1.08. The molecule has 18 heavy (non-hydrogen) atoms. The minimum absolute atomic E-state index is 0.0223. The van der Waals surface area contributed by atoms with Gasteiger partial charge in [-0.1, -0.05) is 0 Å². The number of pyridine rings is 2. The average molecular weight is 244 g/mol. The molecule has 0 saturated carbocycles. The summed E-state index contributed by atoms with van der Waals surface area (Å²) in [6.45, 7) is 1.84. The molecule has 0 aliphatic rings. The molecule has 2 aromatic rings. The Balaban J connectivity index is 2.33. The third kappa shape index (κ3) is 2.37. The van der Waals surface area contributed by atoms with E-state index in [0.717, 1.165) is 11.4 Å². The van der Waals surface area contributed by atoms with Gasteiger partial charge < -0.3 is 16.2 Å². The summed E-state index contributed by atoms with van der Waals surface area (Å²) < 4.78 is 0. The summed E-state index contributed by atoms with van der Waals surface area (Å²) >= 11 is 0. The first-order valence-corrected chi connectivity index (χ1v) is 5.25. The zero-order valence-electron chi connectivity index (χ0n) is 9.71. The number of aromatic carboxylic acids is 1. The van der Waals surface area contributed by atoms with Crippen molar-refractivity contribution < 1.29 is 9.90 Å². The van der Waals surface area contributed by atoms with E-state index in [0.29, 0.717) is 5.82 Å². The lowest BCUT2D eigenvalue weighted by molar-refractivity contribution is 0.0698. The lowest BCUT2D eigenvalue weighted by Crippen LogP contribution is -2.05. The maximum atomic E-state index is 10.9. The van der Waals surface area contributed by atoms with Crippen LogP contribution in [0.25, 0.3) is 0 Å². The first-order chi connectivity index (χ1) is 8.58. The van der Waals surface area contributed by atoms with E-state index in [1.54, 1.807) is 12.3 Å². The molecule has 0 aromatic carbocycles. The fraction of sp³-hybridized carbons (Fsp3) is 0.0833. The lowest BCUT2D eigenvalue weighted by atomic mass is 10.2. The Hall–Kier alpha value is -2.63. The van der Waals surface area contributed by atoms with Gasteiger partial charge in [-0.3, -0.25) is 4.98 Å². The number of anilines is 3. The smallest absolute Gasteiger partial charge is 0.337 e. The molecular weight excluding hydrogens is 232 g/mol. The van der Waals surface area contributed by atoms with Crippen LogP contribution in [0, 0.1) is 6.92 Å². The number of nitrogens with one attached hydrogen (secondary N) is 1. The van der Waals surface area contributed by atoms with Gasteiger partial charge in [0, 0.05) is 6.20 Å². The number of rotatable bonds is 3. The highest BCUT2D eigenvalue weighted by Gasteiger charge is 2.10. The van der Waals surface area contributed by atoms with Crippen molar-refractivity contribution in [2.24, 2.45) is 0 Å². The molecule has 92 valence electrons. The van der Waals surface area contributed by atoms with Crippen molar-refractivity contribution in [3.63, 3.8) is 0 Å². The molecule has 0 atom stereocenters. The van der Waals surface area contributed by atoms with E-state index in [2.05, 4.69) is 15.3 Å². The monoisotopic (exact) mass is 244 g/mol. The van der Waals surface area contributed by atoms with Gasteiger partial charge in [0.25, 0.3) is 0 Å². The van der Waals surface area contributed by atoms with Gasteiger partial charge in [-0.15, -0.1) is 0 Å². The topological polar surface area (TPSA) is 101 Å². The molecular formula is C12H12N4O2. The number of carboxylic acid groups (broad SMARTS) is 1. The number of hydrogen-bond donors (Lipinski definition) is 3. The number of nitrogens with two attached hydrogens (primary N) is 1. The van der Waals surface area contributed by atoms with Gasteiger partial charge in [0.1, 0.15) is 5.82 Å². The second kappa shape index (κ2) is 4.70. The molecule has 0 amide bonds. The third-order valence-corrected chi connectivity index (χ3v) is 2.43. The second-order valence-corrected chi connectivity index (χ2v) is 3.72. The van der Waals surface area contributed by atoms with E-state index < -0.39 is 5.97 Å². The number of carboxylic acids is 1. The molecule has 0 aliphatic carbocycles. The van der Waals surface area contributed by atoms with Gasteiger partial charge in [0.15, 0.2) is 0 Å². The molecule has 0 bridgehead atoms. The Labute approximate surface area is 104 Å². The highest BCUT2D eigenvalue weighted by molar-refractivity contribution is 5.94. The van der Waals surface area contributed by atoms with Crippen LogP contribution in [0.1, 0.15) is 16.1 Å². The quantitative estimate of drug-likeness (QED) is 0.761. The second-order valence-electron chi connectivity index (χ2n) is 3.72. The highest BCUT2D eigenvalue weighted by atomic mass is 16.4. The Bertz CT molecular complexity index is 598. The van der Waals surface area contributed by atoms with Gasteiger partial charge in [-0.2, -0.15) is 0 Å². The third-order valence-electron chi connectivity index (χ3n) is 2.43. The van der Waals surface area contributed by atoms with Crippen molar-refractivity contribution in [2.75, 3.05) is 11.1 Å². The minimum Gasteiger partial charge on any atom is -0.478 e. The van der Waals surface area contributed by atoms with Gasteiger partial charge in [-0.25, -0.2) is 9.78 Å². The van der Waals surface area contributed by atoms with Crippen LogP contribution in [0.5, 0.6) is 0 Å². The molecule has 6 heteroatoms. The molecule has 4 N–H and O–H groups in total. The van der Waals surface area contributed by atoms with E-state index in [9.17, 15) is 4.79 Å². The van der Waals surface area contributed by atoms with Crippen LogP contribution in [-0.2, 0) is 0 Å². The first kappa shape index (κ1) is 11.8. The average Bonchev–Trinajstić information content (AvgIpc) is 2.34. The Kier molecular flexibility index (Phi) is 3.09. The van der Waals surface area contributed by atoms with E-state index >= 15 is 0 Å². The van der Waals surface area contributed by atoms with Crippen molar-refractivity contribution >= 4 is 23.2 Å². The van der Waals surface area contributed by atoms with Crippen LogP contribution < -0.4 is 11.1 Å². The summed E-state index contributed by atoms with van der Waals surface area (Å²) in [7, 11) is 0. The fourth-order valence-electron chi connectivity index (χ4n) is 1.47. The molecule has 2 aromatic heterocycles. The number of aromatic nitrogens is 2. The van der Waals surface area contributed by atoms with E-state index in [-0.39, 0.29) is 11.3 Å². The van der Waals surface area contributed by atoms with Crippen LogP contribution in [0.4, 0.5) is 17.2 Å². The Morgan fingerprint density at radius 1 is 1.44 bits per heavy atom. The van der Waals surface area contributed by atoms with Crippen molar-refractivity contribution in [1.29, 1.82) is 0 Å². The Morgan fingerprint density at radius 2 is 2.22 bits per heavy atom. The SMILES string of the molecule is Cc1ncccc1Nc1cc(C(=O)O)c(N)cn1. The van der Waals surface area contributed by atoms with Crippen molar-refractivity contribution in [1.82, 2.24) is 9.97 Å². The van der Waals surface area contributed by atoms with E-state index in [1.807, 2.05) is 13.0 Å². The maximum absolute atomic E-state index is 10.9. The van der Waals surface area contributed by atoms with Gasteiger partial charge in [0.05, 0.1) is 28.8 Å². The first-order valence-electron chi connectivity index (χ1n) is 5.25. The number of aryl methyl sites for hydroxylation is 1. The highest BCUT2D eigenvalue weighted by Crippen LogP contribution is 2.20. The van der Waals surface area contributed by atoms with Crippen LogP contribution in [0.2, 0.25) is 0 Å². The standard InChI is InChI=1S/C12H12N4O2/c1-7-10(3-2-4-14-7)16-11-5-8(12(17)18)9(13)6-15-11/h2-6H,13H2,1H3,(H,15,16)(H,17,18). The number of carbonyl (C=O) groups is 1. The molecule has 0 aliphatic heterocycles. The van der Waals surface area contributed by atoms with E-state index in [1.165, 1.54) is 12.3 Å². The lowest BCUT2D eigenvalue weighted by Gasteiger charge is -2.09. The van der Waals surface area contributed by atoms with Crippen LogP contribution in [-0.4, -0.2) is 21.0 Å².